The fraction of sp³-hybridized carbons (Fsp3) is 0.421. The minimum atomic E-state index is -0.143. The number of unbranched alkanes of at least 4 members (excludes halogenated alkanes) is 1. The summed E-state index contributed by atoms with van der Waals surface area (Å²) < 4.78 is 0. The predicted octanol–water partition coefficient (Wildman–Crippen LogP) is 3.42. The first kappa shape index (κ1) is 17.9. The van der Waals surface area contributed by atoms with Crippen molar-refractivity contribution in [1.29, 1.82) is 0 Å². The summed E-state index contributed by atoms with van der Waals surface area (Å²) in [4.78, 5) is 22.9. The summed E-state index contributed by atoms with van der Waals surface area (Å²) in [6.45, 7) is 7.75. The van der Waals surface area contributed by atoms with Crippen molar-refractivity contribution in [2.24, 2.45) is 0 Å². The van der Waals surface area contributed by atoms with Gasteiger partial charge in [0.25, 0.3) is 5.91 Å². The number of nitrogens with zero attached hydrogens (tertiary/aromatic N) is 3. The lowest BCUT2D eigenvalue weighted by Gasteiger charge is -2.28. The molecule has 1 N–H and O–H groups in total. The van der Waals surface area contributed by atoms with Crippen LogP contribution in [0.25, 0.3) is 0 Å². The van der Waals surface area contributed by atoms with Crippen molar-refractivity contribution in [3.63, 3.8) is 0 Å². The number of hydrogen-bond donors (Lipinski definition) is 1. The van der Waals surface area contributed by atoms with Gasteiger partial charge in [-0.2, -0.15) is 0 Å². The molecule has 2 rings (SSSR count). The maximum absolute atomic E-state index is 12.2. The van der Waals surface area contributed by atoms with Crippen LogP contribution in [0.4, 0.5) is 5.82 Å². The zero-order valence-electron chi connectivity index (χ0n) is 14.7. The molecule has 1 aromatic heterocycles. The van der Waals surface area contributed by atoms with Crippen molar-refractivity contribution < 1.29 is 4.79 Å². The molecular formula is C19H26N4O. The number of carbonyl (C=O) groups excluding carboxylic acids is 1. The largest absolute Gasteiger partial charge is 0.351 e. The lowest BCUT2D eigenvalue weighted by Crippen LogP contribution is -2.32. The minimum absolute atomic E-state index is 0.143. The maximum atomic E-state index is 12.2. The highest BCUT2D eigenvalue weighted by molar-refractivity contribution is 5.92. The highest BCUT2D eigenvalue weighted by Crippen LogP contribution is 2.18. The summed E-state index contributed by atoms with van der Waals surface area (Å²) in [7, 11) is 0. The van der Waals surface area contributed by atoms with Gasteiger partial charge in [-0.15, -0.1) is 0 Å². The van der Waals surface area contributed by atoms with E-state index in [1.165, 1.54) is 11.9 Å². The number of rotatable bonds is 8. The highest BCUT2D eigenvalue weighted by Gasteiger charge is 2.15. The third kappa shape index (κ3) is 5.05. The average molecular weight is 326 g/mol. The van der Waals surface area contributed by atoms with Crippen molar-refractivity contribution in [1.82, 2.24) is 15.3 Å². The second kappa shape index (κ2) is 9.01. The van der Waals surface area contributed by atoms with Gasteiger partial charge in [-0.25, -0.2) is 9.97 Å². The fourth-order valence-corrected chi connectivity index (χ4v) is 2.41. The van der Waals surface area contributed by atoms with Gasteiger partial charge >= 0.3 is 0 Å². The van der Waals surface area contributed by atoms with Crippen LogP contribution in [0.3, 0.4) is 0 Å². The average Bonchev–Trinajstić information content (AvgIpc) is 2.60. The molecule has 5 nitrogen and oxygen atoms in total. The maximum Gasteiger partial charge on any atom is 0.270 e. The van der Waals surface area contributed by atoms with Gasteiger partial charge in [-0.1, -0.05) is 43.7 Å². The van der Waals surface area contributed by atoms with E-state index in [-0.39, 0.29) is 11.9 Å². The summed E-state index contributed by atoms with van der Waals surface area (Å²) in [5.74, 6) is 0.625. The molecule has 0 spiro atoms. The molecule has 0 aliphatic rings. The molecule has 1 aromatic carbocycles. The summed E-state index contributed by atoms with van der Waals surface area (Å²) in [5.41, 5.74) is 1.62. The molecule has 1 heterocycles. The summed E-state index contributed by atoms with van der Waals surface area (Å²) >= 11 is 0. The normalized spacial score (nSPS) is 10.7. The van der Waals surface area contributed by atoms with E-state index >= 15 is 0 Å². The number of amides is 1. The van der Waals surface area contributed by atoms with Gasteiger partial charge in [0.1, 0.15) is 17.8 Å². The fourth-order valence-electron chi connectivity index (χ4n) is 2.41. The van der Waals surface area contributed by atoms with Crippen LogP contribution < -0.4 is 10.2 Å². The molecule has 0 unspecified atom stereocenters. The minimum Gasteiger partial charge on any atom is -0.351 e. The van der Waals surface area contributed by atoms with E-state index in [4.69, 9.17) is 0 Å². The van der Waals surface area contributed by atoms with E-state index in [9.17, 15) is 4.79 Å². The molecule has 24 heavy (non-hydrogen) atoms. The molecule has 0 aliphatic carbocycles. The summed E-state index contributed by atoms with van der Waals surface area (Å²) in [6.07, 6.45) is 3.48. The Balaban J connectivity index is 2.15. The standard InChI is InChI=1S/C19H26N4O/c1-4-5-11-20-19(24)17-12-18(22-14-21-17)23(15(2)3)13-16-9-7-6-8-10-16/h6-10,12,14-15H,4-5,11,13H2,1-3H3,(H,20,24). The van der Waals surface area contributed by atoms with Crippen molar-refractivity contribution in [3.05, 3.63) is 54.0 Å². The summed E-state index contributed by atoms with van der Waals surface area (Å²) in [5, 5.41) is 2.90. The topological polar surface area (TPSA) is 58.1 Å². The van der Waals surface area contributed by atoms with E-state index in [1.54, 1.807) is 6.07 Å². The molecule has 128 valence electrons. The Morgan fingerprint density at radius 3 is 2.62 bits per heavy atom. The molecule has 0 atom stereocenters. The SMILES string of the molecule is CCCCNC(=O)c1cc(N(Cc2ccccc2)C(C)C)ncn1. The second-order valence-electron chi connectivity index (χ2n) is 6.08. The van der Waals surface area contributed by atoms with Crippen LogP contribution in [0.15, 0.2) is 42.7 Å². The number of anilines is 1. The quantitative estimate of drug-likeness (QED) is 0.755. The third-order valence-electron chi connectivity index (χ3n) is 3.81. The van der Waals surface area contributed by atoms with E-state index in [0.29, 0.717) is 12.2 Å². The van der Waals surface area contributed by atoms with Gasteiger partial charge in [0, 0.05) is 25.2 Å². The van der Waals surface area contributed by atoms with E-state index < -0.39 is 0 Å². The highest BCUT2D eigenvalue weighted by atomic mass is 16.1. The van der Waals surface area contributed by atoms with Gasteiger partial charge in [0.05, 0.1) is 0 Å². The van der Waals surface area contributed by atoms with Crippen LogP contribution in [-0.2, 0) is 6.54 Å². The molecule has 1 amide bonds. The first-order valence-electron chi connectivity index (χ1n) is 8.52. The zero-order valence-corrected chi connectivity index (χ0v) is 14.7. The lowest BCUT2D eigenvalue weighted by atomic mass is 10.2. The number of carbonyl (C=O) groups is 1. The van der Waals surface area contributed by atoms with Crippen LogP contribution >= 0.6 is 0 Å². The molecule has 0 aliphatic heterocycles. The number of aromatic nitrogens is 2. The molecule has 5 heteroatoms. The molecule has 2 aromatic rings. The molecule has 0 saturated heterocycles. The number of hydrogen-bond acceptors (Lipinski definition) is 4. The Labute approximate surface area is 144 Å². The van der Waals surface area contributed by atoms with Crippen LogP contribution in [-0.4, -0.2) is 28.5 Å². The van der Waals surface area contributed by atoms with Crippen molar-refractivity contribution >= 4 is 11.7 Å². The van der Waals surface area contributed by atoms with Crippen molar-refractivity contribution in [3.8, 4) is 0 Å². The van der Waals surface area contributed by atoms with E-state index in [2.05, 4.69) is 53.1 Å². The van der Waals surface area contributed by atoms with Crippen LogP contribution in [0, 0.1) is 0 Å². The predicted molar refractivity (Wildman–Crippen MR) is 97.0 cm³/mol. The second-order valence-corrected chi connectivity index (χ2v) is 6.08. The van der Waals surface area contributed by atoms with Crippen molar-refractivity contribution in [2.75, 3.05) is 11.4 Å². The molecule has 0 fully saturated rings. The Morgan fingerprint density at radius 1 is 1.21 bits per heavy atom. The van der Waals surface area contributed by atoms with E-state index in [0.717, 1.165) is 25.2 Å². The van der Waals surface area contributed by atoms with Gasteiger partial charge in [-0.3, -0.25) is 4.79 Å². The van der Waals surface area contributed by atoms with Gasteiger partial charge < -0.3 is 10.2 Å². The molecule has 0 bridgehead atoms. The molecular weight excluding hydrogens is 300 g/mol. The molecule has 0 saturated carbocycles. The smallest absolute Gasteiger partial charge is 0.270 e. The van der Waals surface area contributed by atoms with Crippen LogP contribution in [0.5, 0.6) is 0 Å². The first-order chi connectivity index (χ1) is 11.6. The lowest BCUT2D eigenvalue weighted by molar-refractivity contribution is 0.0948. The number of nitrogens with one attached hydrogen (secondary N) is 1. The van der Waals surface area contributed by atoms with Gasteiger partial charge in [0.15, 0.2) is 0 Å². The summed E-state index contributed by atoms with van der Waals surface area (Å²) in [6, 6.07) is 12.3. The zero-order chi connectivity index (χ0) is 17.4. The van der Waals surface area contributed by atoms with Gasteiger partial charge in [-0.05, 0) is 25.8 Å². The Kier molecular flexibility index (Phi) is 6.73. The van der Waals surface area contributed by atoms with Crippen molar-refractivity contribution in [2.45, 2.75) is 46.2 Å². The number of benzene rings is 1. The Morgan fingerprint density at radius 2 is 1.96 bits per heavy atom. The van der Waals surface area contributed by atoms with Gasteiger partial charge in [0.2, 0.25) is 0 Å². The Hall–Kier alpha value is -2.43. The molecule has 0 radical (unpaired) electrons. The monoisotopic (exact) mass is 326 g/mol. The third-order valence-corrected chi connectivity index (χ3v) is 3.81. The first-order valence-corrected chi connectivity index (χ1v) is 8.52. The van der Waals surface area contributed by atoms with Crippen LogP contribution in [0.1, 0.15) is 49.7 Å². The van der Waals surface area contributed by atoms with Crippen LogP contribution in [0.2, 0.25) is 0 Å². The Bertz CT molecular complexity index is 643. The van der Waals surface area contributed by atoms with E-state index in [1.807, 2.05) is 18.2 Å².